The number of fused-ring (bicyclic) bond motifs is 1. The molecule has 0 amide bonds. The number of hydrogen-bond acceptors (Lipinski definition) is 7. The molecule has 2 aromatic heterocycles. The second-order valence-electron chi connectivity index (χ2n) is 8.35. The van der Waals surface area contributed by atoms with Crippen LogP contribution < -0.4 is 20.7 Å². The first-order valence-corrected chi connectivity index (χ1v) is 10.1. The summed E-state index contributed by atoms with van der Waals surface area (Å²) < 4.78 is 19.6. The van der Waals surface area contributed by atoms with Crippen LogP contribution in [0.2, 0.25) is 0 Å². The molecule has 0 radical (unpaired) electrons. The minimum Gasteiger partial charge on any atom is -0.493 e. The van der Waals surface area contributed by atoms with Gasteiger partial charge in [0.15, 0.2) is 29.4 Å². The van der Waals surface area contributed by atoms with Crippen LogP contribution in [-0.4, -0.2) is 38.9 Å². The van der Waals surface area contributed by atoms with Gasteiger partial charge < -0.3 is 18.8 Å². The molecule has 33 heavy (non-hydrogen) atoms. The van der Waals surface area contributed by atoms with Gasteiger partial charge in [-0.25, -0.2) is 18.9 Å². The average Bonchev–Trinajstić information content (AvgIpc) is 3.12. The van der Waals surface area contributed by atoms with Crippen LogP contribution in [0, 0.1) is 17.8 Å². The van der Waals surface area contributed by atoms with Gasteiger partial charge >= 0.3 is 11.7 Å². The van der Waals surface area contributed by atoms with E-state index in [1.807, 2.05) is 0 Å². The van der Waals surface area contributed by atoms with Crippen LogP contribution in [0.4, 0.5) is 0 Å². The molecule has 0 atom stereocenters. The highest BCUT2D eigenvalue weighted by molar-refractivity contribution is 5.78. The molecular weight excluding hydrogens is 428 g/mol. The molecule has 0 N–H and O–H groups in total. The number of rotatable bonds is 6. The summed E-state index contributed by atoms with van der Waals surface area (Å²) in [6.07, 6.45) is 5.37. The molecule has 2 heterocycles. The first-order valence-electron chi connectivity index (χ1n) is 10.1. The number of benzene rings is 1. The topological polar surface area (TPSA) is 107 Å². The van der Waals surface area contributed by atoms with E-state index >= 15 is 0 Å². The Balaban J connectivity index is 2.27. The van der Waals surface area contributed by atoms with Crippen molar-refractivity contribution < 1.29 is 19.0 Å². The Hall–Kier alpha value is -4.00. The van der Waals surface area contributed by atoms with Gasteiger partial charge in [0.2, 0.25) is 0 Å². The maximum absolute atomic E-state index is 13.1. The lowest BCUT2D eigenvalue weighted by Gasteiger charge is -2.17. The first-order chi connectivity index (χ1) is 15.5. The van der Waals surface area contributed by atoms with Crippen molar-refractivity contribution in [1.82, 2.24) is 18.7 Å². The second-order valence-corrected chi connectivity index (χ2v) is 8.35. The quantitative estimate of drug-likeness (QED) is 0.413. The van der Waals surface area contributed by atoms with Crippen molar-refractivity contribution in [2.75, 3.05) is 14.2 Å². The molecule has 3 rings (SSSR count). The fourth-order valence-corrected chi connectivity index (χ4v) is 3.28. The van der Waals surface area contributed by atoms with Gasteiger partial charge in [0.1, 0.15) is 5.82 Å². The van der Waals surface area contributed by atoms with E-state index in [1.54, 1.807) is 50.6 Å². The minimum absolute atomic E-state index is 0.0762. The van der Waals surface area contributed by atoms with E-state index in [0.717, 1.165) is 9.13 Å². The van der Waals surface area contributed by atoms with Crippen molar-refractivity contribution in [2.45, 2.75) is 34.0 Å². The molecule has 0 bridgehead atoms. The maximum Gasteiger partial charge on any atom is 0.336 e. The number of ether oxygens (including phenoxy) is 3. The van der Waals surface area contributed by atoms with Crippen molar-refractivity contribution in [2.24, 2.45) is 12.5 Å². The summed E-state index contributed by atoms with van der Waals surface area (Å²) in [4.78, 5) is 43.0. The molecule has 0 aliphatic heterocycles. The third-order valence-electron chi connectivity index (χ3n) is 5.07. The highest BCUT2D eigenvalue weighted by atomic mass is 16.5. The Morgan fingerprint density at radius 1 is 1.12 bits per heavy atom. The molecule has 0 fully saturated rings. The summed E-state index contributed by atoms with van der Waals surface area (Å²) in [5, 5.41) is 0. The minimum atomic E-state index is -0.773. The fraction of sp³-hybridized carbons (Fsp3) is 0.391. The number of methoxy groups -OCH3 is 2. The standard InChI is InChI=1S/C23H26N4O6/c1-8-11-26-20(28)17-19(27(22(26)30)13-33-21(29)23(2,3)4)24-18(25(17)5)14-9-10-15(31-6)16(12-14)32-7/h1,9-10,12H,11,13H2,2-7H3. The summed E-state index contributed by atoms with van der Waals surface area (Å²) in [6.45, 7) is 4.44. The number of terminal acetylenes is 1. The third-order valence-corrected chi connectivity index (χ3v) is 5.07. The predicted molar refractivity (Wildman–Crippen MR) is 122 cm³/mol. The molecule has 0 aliphatic rings. The zero-order chi connectivity index (χ0) is 24.5. The smallest absolute Gasteiger partial charge is 0.336 e. The van der Waals surface area contributed by atoms with Gasteiger partial charge in [-0.3, -0.25) is 9.59 Å². The van der Waals surface area contributed by atoms with Gasteiger partial charge in [-0.2, -0.15) is 0 Å². The normalized spacial score (nSPS) is 11.3. The van der Waals surface area contributed by atoms with E-state index in [2.05, 4.69) is 10.9 Å². The highest BCUT2D eigenvalue weighted by Crippen LogP contribution is 2.32. The molecule has 0 saturated carbocycles. The Bertz CT molecular complexity index is 1380. The van der Waals surface area contributed by atoms with Crippen LogP contribution >= 0.6 is 0 Å². The molecule has 10 heteroatoms. The lowest BCUT2D eigenvalue weighted by Crippen LogP contribution is -2.41. The molecule has 0 saturated heterocycles. The summed E-state index contributed by atoms with van der Waals surface area (Å²) in [7, 11) is 4.69. The highest BCUT2D eigenvalue weighted by Gasteiger charge is 2.25. The number of esters is 1. The van der Waals surface area contributed by atoms with Crippen molar-refractivity contribution in [3.05, 3.63) is 39.0 Å². The van der Waals surface area contributed by atoms with E-state index in [-0.39, 0.29) is 17.7 Å². The largest absolute Gasteiger partial charge is 0.493 e. The van der Waals surface area contributed by atoms with Crippen LogP contribution in [0.15, 0.2) is 27.8 Å². The number of hydrogen-bond donors (Lipinski definition) is 0. The average molecular weight is 454 g/mol. The number of aryl methyl sites for hydroxylation is 1. The summed E-state index contributed by atoms with van der Waals surface area (Å²) in [5.74, 6) is 3.21. The maximum atomic E-state index is 13.1. The molecular formula is C23H26N4O6. The Morgan fingerprint density at radius 3 is 2.36 bits per heavy atom. The van der Waals surface area contributed by atoms with Crippen LogP contribution in [0.25, 0.3) is 22.6 Å². The zero-order valence-electron chi connectivity index (χ0n) is 19.5. The Kier molecular flexibility index (Phi) is 6.35. The Labute approximate surface area is 190 Å². The number of carbonyl (C=O) groups is 1. The lowest BCUT2D eigenvalue weighted by molar-refractivity contribution is -0.156. The van der Waals surface area contributed by atoms with Crippen LogP contribution in [0.5, 0.6) is 11.5 Å². The number of aromatic nitrogens is 4. The van der Waals surface area contributed by atoms with Gasteiger partial charge in [-0.1, -0.05) is 5.92 Å². The molecule has 0 unspecified atom stereocenters. The zero-order valence-corrected chi connectivity index (χ0v) is 19.5. The summed E-state index contributed by atoms with van der Waals surface area (Å²) >= 11 is 0. The van der Waals surface area contributed by atoms with E-state index < -0.39 is 29.4 Å². The molecule has 174 valence electrons. The van der Waals surface area contributed by atoms with Crippen molar-refractivity contribution in [3.63, 3.8) is 0 Å². The van der Waals surface area contributed by atoms with Gasteiger partial charge in [-0.05, 0) is 39.0 Å². The fourth-order valence-electron chi connectivity index (χ4n) is 3.28. The van der Waals surface area contributed by atoms with Gasteiger partial charge in [-0.15, -0.1) is 6.42 Å². The van der Waals surface area contributed by atoms with E-state index in [9.17, 15) is 14.4 Å². The molecule has 1 aromatic carbocycles. The first kappa shape index (κ1) is 23.7. The van der Waals surface area contributed by atoms with Crippen molar-refractivity contribution >= 4 is 17.1 Å². The van der Waals surface area contributed by atoms with Crippen molar-refractivity contribution in [3.8, 4) is 35.2 Å². The molecule has 3 aromatic rings. The SMILES string of the molecule is C#CCn1c(=O)c2c(nc(-c3ccc(OC)c(OC)c3)n2C)n(COC(=O)C(C)(C)C)c1=O. The predicted octanol–water partition coefficient (Wildman–Crippen LogP) is 1.76. The van der Waals surface area contributed by atoms with Crippen LogP contribution in [0.3, 0.4) is 0 Å². The van der Waals surface area contributed by atoms with E-state index in [1.165, 1.54) is 14.2 Å². The van der Waals surface area contributed by atoms with Crippen molar-refractivity contribution in [1.29, 1.82) is 0 Å². The van der Waals surface area contributed by atoms with Crippen LogP contribution in [0.1, 0.15) is 20.8 Å². The molecule has 10 nitrogen and oxygen atoms in total. The monoisotopic (exact) mass is 454 g/mol. The molecule has 0 aliphatic carbocycles. The lowest BCUT2D eigenvalue weighted by atomic mass is 9.98. The van der Waals surface area contributed by atoms with E-state index in [0.29, 0.717) is 22.9 Å². The molecule has 0 spiro atoms. The van der Waals surface area contributed by atoms with Crippen LogP contribution in [-0.2, 0) is 29.9 Å². The van der Waals surface area contributed by atoms with E-state index in [4.69, 9.17) is 20.6 Å². The van der Waals surface area contributed by atoms with Gasteiger partial charge in [0.05, 0.1) is 26.2 Å². The third kappa shape index (κ3) is 4.22. The van der Waals surface area contributed by atoms with Gasteiger partial charge in [0, 0.05) is 12.6 Å². The number of nitrogens with zero attached hydrogens (tertiary/aromatic N) is 4. The number of carbonyl (C=O) groups excluding carboxylic acids is 1. The summed E-state index contributed by atoms with van der Waals surface area (Å²) in [5.41, 5.74) is -1.24. The van der Waals surface area contributed by atoms with Gasteiger partial charge in [0.25, 0.3) is 5.56 Å². The second kappa shape index (κ2) is 8.86. The summed E-state index contributed by atoms with van der Waals surface area (Å²) in [6, 6.07) is 5.18. The Morgan fingerprint density at radius 2 is 1.79 bits per heavy atom. The number of imidazole rings is 1.